The van der Waals surface area contributed by atoms with Gasteiger partial charge >= 0.3 is 12.1 Å². The lowest BCUT2D eigenvalue weighted by Gasteiger charge is -2.19. The van der Waals surface area contributed by atoms with Gasteiger partial charge in [0, 0.05) is 0 Å². The number of anilines is 1. The molecule has 7 heteroatoms. The van der Waals surface area contributed by atoms with E-state index in [1.54, 1.807) is 33.8 Å². The number of esters is 1. The zero-order chi connectivity index (χ0) is 16.0. The van der Waals surface area contributed by atoms with Crippen molar-refractivity contribution in [1.29, 1.82) is 0 Å². The van der Waals surface area contributed by atoms with E-state index in [0.717, 1.165) is 0 Å². The summed E-state index contributed by atoms with van der Waals surface area (Å²) < 4.78 is 9.95. The van der Waals surface area contributed by atoms with Crippen molar-refractivity contribution in [3.8, 4) is 0 Å². The van der Waals surface area contributed by atoms with Crippen LogP contribution in [0.25, 0.3) is 0 Å². The Labute approximate surface area is 128 Å². The van der Waals surface area contributed by atoms with Gasteiger partial charge in [0.25, 0.3) is 0 Å². The van der Waals surface area contributed by atoms with E-state index in [4.69, 9.17) is 21.1 Å². The van der Waals surface area contributed by atoms with Crippen LogP contribution < -0.4 is 5.32 Å². The molecular formula is C14H19ClN2O4. The minimum Gasteiger partial charge on any atom is -0.466 e. The first kappa shape index (κ1) is 17.2. The Kier molecular flexibility index (Phi) is 5.96. The highest BCUT2D eigenvalue weighted by atomic mass is 35.5. The normalized spacial score (nSPS) is 10.9. The third-order valence-electron chi connectivity index (χ3n) is 2.16. The van der Waals surface area contributed by atoms with E-state index in [1.807, 2.05) is 0 Å². The minimum absolute atomic E-state index is 0.0590. The van der Waals surface area contributed by atoms with Crippen LogP contribution in [0.3, 0.4) is 0 Å². The van der Waals surface area contributed by atoms with Gasteiger partial charge < -0.3 is 9.47 Å². The van der Waals surface area contributed by atoms with Gasteiger partial charge in [-0.15, -0.1) is 0 Å². The van der Waals surface area contributed by atoms with Crippen molar-refractivity contribution in [2.45, 2.75) is 39.7 Å². The van der Waals surface area contributed by atoms with E-state index in [-0.39, 0.29) is 18.8 Å². The lowest BCUT2D eigenvalue weighted by molar-refractivity contribution is -0.142. The first-order valence-corrected chi connectivity index (χ1v) is 6.90. The van der Waals surface area contributed by atoms with Gasteiger partial charge in [0.1, 0.15) is 11.4 Å². The fourth-order valence-electron chi connectivity index (χ4n) is 1.43. The van der Waals surface area contributed by atoms with Crippen molar-refractivity contribution in [3.63, 3.8) is 0 Å². The van der Waals surface area contributed by atoms with Crippen molar-refractivity contribution in [3.05, 3.63) is 22.8 Å². The quantitative estimate of drug-likeness (QED) is 0.864. The maximum absolute atomic E-state index is 11.7. The number of amides is 1. The first-order valence-electron chi connectivity index (χ1n) is 6.52. The third-order valence-corrected chi connectivity index (χ3v) is 2.51. The number of pyridine rings is 1. The molecule has 6 nitrogen and oxygen atoms in total. The fraction of sp³-hybridized carbons (Fsp3) is 0.500. The molecule has 116 valence electrons. The van der Waals surface area contributed by atoms with Crippen molar-refractivity contribution in [2.24, 2.45) is 0 Å². The van der Waals surface area contributed by atoms with Gasteiger partial charge in [-0.25, -0.2) is 9.78 Å². The second-order valence-corrected chi connectivity index (χ2v) is 5.64. The summed E-state index contributed by atoms with van der Waals surface area (Å²) in [5, 5.41) is 2.82. The predicted molar refractivity (Wildman–Crippen MR) is 79.4 cm³/mol. The minimum atomic E-state index is -0.626. The van der Waals surface area contributed by atoms with Crippen LogP contribution in [-0.4, -0.2) is 29.3 Å². The molecule has 0 bridgehead atoms. The van der Waals surface area contributed by atoms with E-state index in [9.17, 15) is 9.59 Å². The lowest BCUT2D eigenvalue weighted by Crippen LogP contribution is -2.27. The number of carbonyl (C=O) groups is 2. The van der Waals surface area contributed by atoms with Crippen LogP contribution in [0.1, 0.15) is 33.4 Å². The Morgan fingerprint density at radius 2 is 2.00 bits per heavy atom. The molecule has 0 saturated heterocycles. The number of aromatic nitrogens is 1. The first-order chi connectivity index (χ1) is 9.71. The standard InChI is InChI=1S/C14H19ClN2O4/c1-5-20-12(18)8-10-9(15)6-7-11(16-10)17-13(19)21-14(2,3)4/h6-7H,5,8H2,1-4H3,(H,16,17,19). The molecule has 1 N–H and O–H groups in total. The molecule has 0 saturated carbocycles. The van der Waals surface area contributed by atoms with Crippen LogP contribution in [0.5, 0.6) is 0 Å². The smallest absolute Gasteiger partial charge is 0.413 e. The molecule has 1 aromatic rings. The van der Waals surface area contributed by atoms with E-state index >= 15 is 0 Å². The van der Waals surface area contributed by atoms with Crippen LogP contribution in [0.15, 0.2) is 12.1 Å². The van der Waals surface area contributed by atoms with Crippen LogP contribution in [0.4, 0.5) is 10.6 Å². The molecule has 0 aliphatic carbocycles. The van der Waals surface area contributed by atoms with E-state index in [2.05, 4.69) is 10.3 Å². The highest BCUT2D eigenvalue weighted by molar-refractivity contribution is 6.31. The molecule has 1 aromatic heterocycles. The van der Waals surface area contributed by atoms with E-state index < -0.39 is 17.7 Å². The molecule has 0 fully saturated rings. The highest BCUT2D eigenvalue weighted by Crippen LogP contribution is 2.18. The topological polar surface area (TPSA) is 77.5 Å². The van der Waals surface area contributed by atoms with Gasteiger partial charge in [0.2, 0.25) is 0 Å². The molecule has 0 unspecified atom stereocenters. The molecule has 1 heterocycles. The summed E-state index contributed by atoms with van der Waals surface area (Å²) in [6.45, 7) is 7.27. The van der Waals surface area contributed by atoms with Gasteiger partial charge in [0.05, 0.1) is 23.7 Å². The van der Waals surface area contributed by atoms with Crippen LogP contribution in [-0.2, 0) is 20.7 Å². The number of ether oxygens (including phenoxy) is 2. The molecule has 0 aromatic carbocycles. The number of carbonyl (C=O) groups excluding carboxylic acids is 2. The average molecular weight is 315 g/mol. The van der Waals surface area contributed by atoms with Gasteiger partial charge in [-0.05, 0) is 39.8 Å². The Morgan fingerprint density at radius 1 is 1.33 bits per heavy atom. The highest BCUT2D eigenvalue weighted by Gasteiger charge is 2.17. The molecule has 0 atom stereocenters. The largest absolute Gasteiger partial charge is 0.466 e. The van der Waals surface area contributed by atoms with Crippen LogP contribution >= 0.6 is 11.6 Å². The van der Waals surface area contributed by atoms with Crippen molar-refractivity contribution < 1.29 is 19.1 Å². The number of rotatable bonds is 4. The fourth-order valence-corrected chi connectivity index (χ4v) is 1.61. The third kappa shape index (κ3) is 6.44. The Balaban J connectivity index is 2.77. The number of nitrogens with zero attached hydrogens (tertiary/aromatic N) is 1. The maximum atomic E-state index is 11.7. The summed E-state index contributed by atoms with van der Waals surface area (Å²) in [7, 11) is 0. The maximum Gasteiger partial charge on any atom is 0.413 e. The van der Waals surface area contributed by atoms with Crippen LogP contribution in [0.2, 0.25) is 5.02 Å². The summed E-state index contributed by atoms with van der Waals surface area (Å²) in [5.41, 5.74) is -0.270. The molecule has 1 rings (SSSR count). The Morgan fingerprint density at radius 3 is 2.57 bits per heavy atom. The van der Waals surface area contributed by atoms with Crippen molar-refractivity contribution in [2.75, 3.05) is 11.9 Å². The summed E-state index contributed by atoms with van der Waals surface area (Å²) in [6, 6.07) is 3.08. The summed E-state index contributed by atoms with van der Waals surface area (Å²) >= 11 is 5.97. The van der Waals surface area contributed by atoms with Gasteiger partial charge in [-0.1, -0.05) is 11.6 Å². The molecule has 0 aliphatic rings. The molecule has 0 radical (unpaired) electrons. The van der Waals surface area contributed by atoms with E-state index in [0.29, 0.717) is 10.7 Å². The molecule has 21 heavy (non-hydrogen) atoms. The number of hydrogen-bond donors (Lipinski definition) is 1. The molecule has 1 amide bonds. The second kappa shape index (κ2) is 7.26. The average Bonchev–Trinajstić information content (AvgIpc) is 2.31. The molecular weight excluding hydrogens is 296 g/mol. The SMILES string of the molecule is CCOC(=O)Cc1nc(NC(=O)OC(C)(C)C)ccc1Cl. The predicted octanol–water partition coefficient (Wildman–Crippen LogP) is 3.19. The van der Waals surface area contributed by atoms with Gasteiger partial charge in [-0.2, -0.15) is 0 Å². The van der Waals surface area contributed by atoms with Crippen molar-refractivity contribution >= 4 is 29.5 Å². The zero-order valence-electron chi connectivity index (χ0n) is 12.5. The van der Waals surface area contributed by atoms with Gasteiger partial charge in [-0.3, -0.25) is 10.1 Å². The Bertz CT molecular complexity index is 526. The van der Waals surface area contributed by atoms with E-state index in [1.165, 1.54) is 6.07 Å². The molecule has 0 aliphatic heterocycles. The summed E-state index contributed by atoms with van der Waals surface area (Å²) in [5.74, 6) is -0.172. The number of hydrogen-bond acceptors (Lipinski definition) is 5. The lowest BCUT2D eigenvalue weighted by atomic mass is 10.2. The summed E-state index contributed by atoms with van der Waals surface area (Å²) in [4.78, 5) is 27.2. The summed E-state index contributed by atoms with van der Waals surface area (Å²) in [6.07, 6.45) is -0.685. The number of halogens is 1. The van der Waals surface area contributed by atoms with Crippen LogP contribution in [0, 0.1) is 0 Å². The zero-order valence-corrected chi connectivity index (χ0v) is 13.3. The monoisotopic (exact) mass is 314 g/mol. The number of nitrogens with one attached hydrogen (secondary N) is 1. The van der Waals surface area contributed by atoms with Crippen molar-refractivity contribution in [1.82, 2.24) is 4.98 Å². The Hall–Kier alpha value is -1.82. The molecule has 0 spiro atoms. The van der Waals surface area contributed by atoms with Gasteiger partial charge in [0.15, 0.2) is 0 Å². The second-order valence-electron chi connectivity index (χ2n) is 5.23.